The van der Waals surface area contributed by atoms with Crippen molar-refractivity contribution >= 4 is 23.4 Å². The fraction of sp³-hybridized carbons (Fsp3) is 0.556. The van der Waals surface area contributed by atoms with E-state index in [1.807, 2.05) is 0 Å². The lowest BCUT2D eigenvalue weighted by Gasteiger charge is -2.35. The molecular weight excluding hydrogens is 340 g/mol. The molecule has 1 aromatic carbocycles. The van der Waals surface area contributed by atoms with Gasteiger partial charge in [0.15, 0.2) is 0 Å². The van der Waals surface area contributed by atoms with E-state index in [9.17, 15) is 14.7 Å². The minimum absolute atomic E-state index is 0.0102. The van der Waals surface area contributed by atoms with Crippen LogP contribution in [0.25, 0.3) is 0 Å². The molecule has 0 bridgehead atoms. The molecule has 2 aliphatic rings. The predicted molar refractivity (Wildman–Crippen MR) is 95.3 cm³/mol. The van der Waals surface area contributed by atoms with Gasteiger partial charge in [0.1, 0.15) is 18.0 Å². The summed E-state index contributed by atoms with van der Waals surface area (Å²) in [5, 5.41) is 12.1. The minimum atomic E-state index is -1.13. The number of carboxylic acids is 1. The molecule has 142 valence electrons. The number of nitrogens with zero attached hydrogens (tertiary/aromatic N) is 1. The van der Waals surface area contributed by atoms with Gasteiger partial charge in [0.05, 0.1) is 36.1 Å². The Morgan fingerprint density at radius 2 is 2.08 bits per heavy atom. The third-order valence-corrected chi connectivity index (χ3v) is 4.21. The van der Waals surface area contributed by atoms with E-state index in [1.165, 1.54) is 0 Å². The van der Waals surface area contributed by atoms with E-state index in [1.54, 1.807) is 32.9 Å². The number of nitrogens with one attached hydrogen (secondary N) is 1. The number of carbonyl (C=O) groups is 2. The molecule has 3 rings (SSSR count). The van der Waals surface area contributed by atoms with Gasteiger partial charge in [-0.25, -0.2) is 9.59 Å². The van der Waals surface area contributed by atoms with Crippen molar-refractivity contribution in [3.63, 3.8) is 0 Å². The van der Waals surface area contributed by atoms with Gasteiger partial charge < -0.3 is 24.2 Å². The van der Waals surface area contributed by atoms with Crippen molar-refractivity contribution in [2.45, 2.75) is 38.8 Å². The maximum absolute atomic E-state index is 12.1. The van der Waals surface area contributed by atoms with Crippen LogP contribution in [0.15, 0.2) is 12.1 Å². The van der Waals surface area contributed by atoms with E-state index in [2.05, 4.69) is 10.2 Å². The molecule has 1 unspecified atom stereocenters. The van der Waals surface area contributed by atoms with Gasteiger partial charge in [-0.3, -0.25) is 5.32 Å². The third-order valence-electron chi connectivity index (χ3n) is 4.21. The summed E-state index contributed by atoms with van der Waals surface area (Å²) >= 11 is 0. The lowest BCUT2D eigenvalue weighted by Crippen LogP contribution is -2.41. The number of carboxylic acid groups (broad SMARTS) is 1. The van der Waals surface area contributed by atoms with Crippen LogP contribution in [0.1, 0.15) is 37.6 Å². The van der Waals surface area contributed by atoms with Crippen molar-refractivity contribution < 1.29 is 28.9 Å². The average Bonchev–Trinajstić information content (AvgIpc) is 3.05. The lowest BCUT2D eigenvalue weighted by molar-refractivity contribution is 0.0636. The number of hydrogen-bond donors (Lipinski definition) is 2. The topological polar surface area (TPSA) is 97.3 Å². The van der Waals surface area contributed by atoms with Gasteiger partial charge >= 0.3 is 12.1 Å². The zero-order chi connectivity index (χ0) is 18.9. The van der Waals surface area contributed by atoms with Crippen LogP contribution in [-0.4, -0.2) is 55.2 Å². The summed E-state index contributed by atoms with van der Waals surface area (Å²) in [5.41, 5.74) is 0.162. The molecule has 1 atom stereocenters. The molecular formula is C18H24N2O6. The van der Waals surface area contributed by atoms with Crippen molar-refractivity contribution in [1.29, 1.82) is 0 Å². The number of amides is 1. The molecule has 0 saturated carbocycles. The maximum atomic E-state index is 12.1. The monoisotopic (exact) mass is 364 g/mol. The number of anilines is 2. The van der Waals surface area contributed by atoms with Crippen molar-refractivity contribution in [1.82, 2.24) is 0 Å². The van der Waals surface area contributed by atoms with Crippen molar-refractivity contribution in [2.75, 3.05) is 36.6 Å². The predicted octanol–water partition coefficient (Wildman–Crippen LogP) is 2.72. The Labute approximate surface area is 152 Å². The number of rotatable bonds is 3. The quantitative estimate of drug-likeness (QED) is 0.851. The van der Waals surface area contributed by atoms with Gasteiger partial charge in [0.25, 0.3) is 0 Å². The molecule has 0 aliphatic carbocycles. The van der Waals surface area contributed by atoms with Gasteiger partial charge in [-0.15, -0.1) is 0 Å². The Hall–Kier alpha value is -2.48. The van der Waals surface area contributed by atoms with Crippen LogP contribution in [-0.2, 0) is 9.47 Å². The van der Waals surface area contributed by atoms with Crippen molar-refractivity contribution in [3.8, 4) is 5.75 Å². The molecule has 2 aliphatic heterocycles. The molecule has 1 amide bonds. The summed E-state index contributed by atoms with van der Waals surface area (Å²) in [6, 6.07) is 3.29. The van der Waals surface area contributed by atoms with Crippen LogP contribution in [0.5, 0.6) is 5.75 Å². The highest BCUT2D eigenvalue weighted by Gasteiger charge is 2.30. The van der Waals surface area contributed by atoms with Crippen LogP contribution in [0.4, 0.5) is 16.2 Å². The summed E-state index contributed by atoms with van der Waals surface area (Å²) in [5.74, 6) is -0.591. The first-order valence-corrected chi connectivity index (χ1v) is 8.63. The lowest BCUT2D eigenvalue weighted by atomic mass is 10.1. The molecule has 2 heterocycles. The second-order valence-electron chi connectivity index (χ2n) is 7.36. The maximum Gasteiger partial charge on any atom is 0.412 e. The number of aromatic carboxylic acids is 1. The Morgan fingerprint density at radius 3 is 2.69 bits per heavy atom. The molecule has 1 fully saturated rings. The van der Waals surface area contributed by atoms with Crippen LogP contribution >= 0.6 is 0 Å². The molecule has 0 aromatic heterocycles. The number of benzene rings is 1. The zero-order valence-electron chi connectivity index (χ0n) is 15.2. The van der Waals surface area contributed by atoms with Crippen LogP contribution in [0.2, 0.25) is 0 Å². The number of ether oxygens (including phenoxy) is 3. The van der Waals surface area contributed by atoms with E-state index < -0.39 is 17.7 Å². The first-order chi connectivity index (χ1) is 12.2. The molecule has 26 heavy (non-hydrogen) atoms. The molecule has 0 spiro atoms. The second kappa shape index (κ2) is 7.03. The molecule has 8 nitrogen and oxygen atoms in total. The minimum Gasteiger partial charge on any atom is -0.489 e. The zero-order valence-corrected chi connectivity index (χ0v) is 15.2. The van der Waals surface area contributed by atoms with E-state index in [-0.39, 0.29) is 17.3 Å². The summed E-state index contributed by atoms with van der Waals surface area (Å²) in [6.45, 7) is 7.68. The number of fused-ring (bicyclic) bond motifs is 1. The van der Waals surface area contributed by atoms with E-state index in [4.69, 9.17) is 14.2 Å². The van der Waals surface area contributed by atoms with Crippen molar-refractivity contribution in [3.05, 3.63) is 17.7 Å². The smallest absolute Gasteiger partial charge is 0.412 e. The van der Waals surface area contributed by atoms with Gasteiger partial charge in [-0.2, -0.15) is 0 Å². The summed E-state index contributed by atoms with van der Waals surface area (Å²) in [6.07, 6.45) is 0.177. The van der Waals surface area contributed by atoms with Gasteiger partial charge in [0, 0.05) is 12.7 Å². The summed E-state index contributed by atoms with van der Waals surface area (Å²) in [4.78, 5) is 25.9. The van der Waals surface area contributed by atoms with Crippen LogP contribution < -0.4 is 15.0 Å². The van der Waals surface area contributed by atoms with E-state index in [0.29, 0.717) is 37.8 Å². The van der Waals surface area contributed by atoms with E-state index >= 15 is 0 Å². The Kier molecular flexibility index (Phi) is 4.95. The van der Waals surface area contributed by atoms with Gasteiger partial charge in [-0.05, 0) is 33.3 Å². The highest BCUT2D eigenvalue weighted by atomic mass is 16.6. The Balaban J connectivity index is 1.91. The highest BCUT2D eigenvalue weighted by Crippen LogP contribution is 2.39. The first kappa shape index (κ1) is 18.3. The fourth-order valence-corrected chi connectivity index (χ4v) is 3.12. The second-order valence-corrected chi connectivity index (χ2v) is 7.36. The Bertz CT molecular complexity index is 706. The Morgan fingerprint density at radius 1 is 1.31 bits per heavy atom. The largest absolute Gasteiger partial charge is 0.489 e. The first-order valence-electron chi connectivity index (χ1n) is 8.63. The van der Waals surface area contributed by atoms with E-state index in [0.717, 1.165) is 6.42 Å². The number of carbonyl (C=O) groups excluding carboxylic acids is 1. The average molecular weight is 364 g/mol. The number of hydrogen-bond acceptors (Lipinski definition) is 6. The summed E-state index contributed by atoms with van der Waals surface area (Å²) in [7, 11) is 0. The van der Waals surface area contributed by atoms with Crippen LogP contribution in [0, 0.1) is 0 Å². The molecule has 2 N–H and O–H groups in total. The van der Waals surface area contributed by atoms with Crippen LogP contribution in [0.3, 0.4) is 0 Å². The van der Waals surface area contributed by atoms with Crippen molar-refractivity contribution in [2.24, 2.45) is 0 Å². The third kappa shape index (κ3) is 4.01. The molecule has 8 heteroatoms. The SMILES string of the molecule is CC(C)(C)OC(=O)Nc1cc2c(cc1C(=O)O)N(C1CCOC1)CCO2. The van der Waals surface area contributed by atoms with Gasteiger partial charge in [-0.1, -0.05) is 0 Å². The normalized spacial score (nSPS) is 19.5. The highest BCUT2D eigenvalue weighted by molar-refractivity contribution is 6.00. The molecule has 1 saturated heterocycles. The summed E-state index contributed by atoms with van der Waals surface area (Å²) < 4.78 is 16.4. The van der Waals surface area contributed by atoms with Gasteiger partial charge in [0.2, 0.25) is 0 Å². The molecule has 0 radical (unpaired) electrons. The molecule has 1 aromatic rings. The fourth-order valence-electron chi connectivity index (χ4n) is 3.12. The standard InChI is InChI=1S/C18H24N2O6/c1-18(2,3)26-17(23)19-13-9-15-14(8-12(13)16(21)22)20(5-7-25-15)11-4-6-24-10-11/h8-9,11H,4-7,10H2,1-3H3,(H,19,23)(H,21,22).